The molecule has 9 heteroatoms. The van der Waals surface area contributed by atoms with E-state index in [1.54, 1.807) is 0 Å². The molecule has 64 heavy (non-hydrogen) atoms. The Labute approximate surface area is 399 Å². The molecule has 0 heterocycles. The van der Waals surface area contributed by atoms with Crippen molar-refractivity contribution in [2.45, 2.75) is 296 Å². The van der Waals surface area contributed by atoms with Crippen molar-refractivity contribution in [2.75, 3.05) is 54.1 Å². The average molecular weight is 931 g/mol. The number of esters is 1. The summed E-state index contributed by atoms with van der Waals surface area (Å²) in [6, 6.07) is 0. The maximum absolute atomic E-state index is 12.8. The van der Waals surface area contributed by atoms with Crippen molar-refractivity contribution in [1.29, 1.82) is 0 Å². The molecule has 1 N–H and O–H groups in total. The first kappa shape index (κ1) is 63.5. The second-order valence-electron chi connectivity index (χ2n) is 20.7. The molecule has 0 spiro atoms. The van der Waals surface area contributed by atoms with Crippen molar-refractivity contribution in [3.05, 3.63) is 0 Å². The van der Waals surface area contributed by atoms with E-state index in [1.807, 2.05) is 21.1 Å². The zero-order chi connectivity index (χ0) is 46.9. The Bertz CT molecular complexity index is 992. The number of rotatable bonds is 54. The zero-order valence-corrected chi connectivity index (χ0v) is 44.7. The van der Waals surface area contributed by atoms with Gasteiger partial charge in [0.2, 0.25) is 0 Å². The Morgan fingerprint density at radius 1 is 0.422 bits per heavy atom. The summed E-state index contributed by atoms with van der Waals surface area (Å²) in [5.41, 5.74) is 0. The van der Waals surface area contributed by atoms with E-state index in [2.05, 4.69) is 13.8 Å². The van der Waals surface area contributed by atoms with Gasteiger partial charge in [-0.1, -0.05) is 271 Å². The van der Waals surface area contributed by atoms with Crippen LogP contribution in [-0.4, -0.2) is 75.6 Å². The number of quaternary nitrogens is 1. The Kier molecular flexibility index (Phi) is 48.6. The van der Waals surface area contributed by atoms with Crippen molar-refractivity contribution in [1.82, 2.24) is 0 Å². The van der Waals surface area contributed by atoms with Crippen LogP contribution in [-0.2, 0) is 27.9 Å². The fourth-order valence-electron chi connectivity index (χ4n) is 8.56. The fourth-order valence-corrected chi connectivity index (χ4v) is 9.30. The number of hydrogen-bond donors (Lipinski definition) is 1. The molecule has 0 rings (SSSR count). The van der Waals surface area contributed by atoms with Crippen LogP contribution < -0.4 is 0 Å². The Morgan fingerprint density at radius 3 is 1.03 bits per heavy atom. The number of unbranched alkanes of at least 4 members (excludes halogenated alkanes) is 40. The van der Waals surface area contributed by atoms with Gasteiger partial charge in [0.25, 0.3) is 0 Å². The molecule has 0 saturated carbocycles. The summed E-state index contributed by atoms with van der Waals surface area (Å²) in [5, 5.41) is 0. The molecule has 8 nitrogen and oxygen atoms in total. The van der Waals surface area contributed by atoms with Crippen molar-refractivity contribution in [3.63, 3.8) is 0 Å². The van der Waals surface area contributed by atoms with Gasteiger partial charge >= 0.3 is 13.8 Å². The summed E-state index contributed by atoms with van der Waals surface area (Å²) in [6.45, 7) is 5.71. The lowest BCUT2D eigenvalue weighted by atomic mass is 10.0. The number of phosphoric acid groups is 1. The van der Waals surface area contributed by atoms with Gasteiger partial charge in [-0.2, -0.15) is 0 Å². The smallest absolute Gasteiger partial charge is 0.457 e. The number of ether oxygens (including phenoxy) is 2. The van der Waals surface area contributed by atoms with E-state index in [-0.39, 0.29) is 25.8 Å². The minimum absolute atomic E-state index is 0.0943. The SMILES string of the molecule is CCCCCCCCCCCCCCCCCCCCCCCCCCCCC(=O)O[C@H](COCCCCCCCCCCCCCCCCCC)COP(=O)(O)OCC[N+](C)(C)C. The Morgan fingerprint density at radius 2 is 0.719 bits per heavy atom. The van der Waals surface area contributed by atoms with E-state index in [4.69, 9.17) is 18.5 Å². The lowest BCUT2D eigenvalue weighted by Gasteiger charge is -2.24. The number of carbonyl (C=O) groups excluding carboxylic acids is 1. The summed E-state index contributed by atoms with van der Waals surface area (Å²) in [4.78, 5) is 23.0. The molecule has 0 aromatic heterocycles. The Balaban J connectivity index is 3.98. The van der Waals surface area contributed by atoms with Gasteiger partial charge in [0.1, 0.15) is 19.3 Å². The van der Waals surface area contributed by atoms with Gasteiger partial charge in [-0.15, -0.1) is 0 Å². The number of hydrogen-bond acceptors (Lipinski definition) is 6. The van der Waals surface area contributed by atoms with Crippen LogP contribution in [0.3, 0.4) is 0 Å². The van der Waals surface area contributed by atoms with Gasteiger partial charge < -0.3 is 18.9 Å². The molecule has 0 radical (unpaired) electrons. The third kappa shape index (κ3) is 52.5. The van der Waals surface area contributed by atoms with Crippen molar-refractivity contribution < 1.29 is 37.3 Å². The first-order valence-electron chi connectivity index (χ1n) is 28.3. The molecular formula is C55H113NO7P+. The van der Waals surface area contributed by atoms with Gasteiger partial charge in [0.15, 0.2) is 0 Å². The lowest BCUT2D eigenvalue weighted by molar-refractivity contribution is -0.870. The van der Waals surface area contributed by atoms with Gasteiger partial charge in [0, 0.05) is 13.0 Å². The average Bonchev–Trinajstić information content (AvgIpc) is 3.25. The highest BCUT2D eigenvalue weighted by atomic mass is 31.2. The molecular weight excluding hydrogens is 818 g/mol. The predicted molar refractivity (Wildman–Crippen MR) is 275 cm³/mol. The number of carbonyl (C=O) groups is 1. The zero-order valence-electron chi connectivity index (χ0n) is 43.8. The first-order chi connectivity index (χ1) is 31.1. The molecule has 0 bridgehead atoms. The van der Waals surface area contributed by atoms with Crippen LogP contribution in [0.15, 0.2) is 0 Å². The predicted octanol–water partition coefficient (Wildman–Crippen LogP) is 17.6. The summed E-state index contributed by atoms with van der Waals surface area (Å²) in [7, 11) is 1.69. The standard InChI is InChI=1S/C55H112NO7P/c1-6-8-10-12-14-16-18-20-22-24-25-26-27-28-29-30-31-32-33-34-36-38-40-42-44-46-48-55(57)63-54(53-62-64(58,59)61-51-49-56(3,4)5)52-60-50-47-45-43-41-39-37-35-23-21-19-17-15-13-11-9-7-2/h54H,6-53H2,1-5H3/p+1/t54-/m1/s1. The molecule has 0 aliphatic heterocycles. The molecule has 0 aliphatic rings. The van der Waals surface area contributed by atoms with E-state index in [9.17, 15) is 14.3 Å². The third-order valence-corrected chi connectivity index (χ3v) is 13.9. The van der Waals surface area contributed by atoms with Crippen molar-refractivity contribution in [3.8, 4) is 0 Å². The number of nitrogens with zero attached hydrogens (tertiary/aromatic N) is 1. The molecule has 0 saturated heterocycles. The van der Waals surface area contributed by atoms with Crippen LogP contribution in [0.2, 0.25) is 0 Å². The second kappa shape index (κ2) is 48.9. The van der Waals surface area contributed by atoms with E-state index >= 15 is 0 Å². The molecule has 0 aromatic rings. The van der Waals surface area contributed by atoms with E-state index in [0.29, 0.717) is 24.1 Å². The highest BCUT2D eigenvalue weighted by Crippen LogP contribution is 2.43. The summed E-state index contributed by atoms with van der Waals surface area (Å²) < 4.78 is 35.2. The molecule has 2 atom stereocenters. The highest BCUT2D eigenvalue weighted by Gasteiger charge is 2.26. The largest absolute Gasteiger partial charge is 0.472 e. The molecule has 0 aromatic carbocycles. The summed E-state index contributed by atoms with van der Waals surface area (Å²) >= 11 is 0. The lowest BCUT2D eigenvalue weighted by Crippen LogP contribution is -2.37. The molecule has 384 valence electrons. The monoisotopic (exact) mass is 931 g/mol. The molecule has 0 aliphatic carbocycles. The summed E-state index contributed by atoms with van der Waals surface area (Å²) in [5.74, 6) is -0.303. The van der Waals surface area contributed by atoms with Crippen molar-refractivity contribution in [2.24, 2.45) is 0 Å². The number of likely N-dealkylation sites (N-methyl/N-ethyl adjacent to an activating group) is 1. The quantitative estimate of drug-likeness (QED) is 0.0281. The minimum atomic E-state index is -4.27. The van der Waals surface area contributed by atoms with E-state index in [0.717, 1.165) is 32.1 Å². The third-order valence-electron chi connectivity index (χ3n) is 12.9. The van der Waals surface area contributed by atoms with Crippen LogP contribution in [0.25, 0.3) is 0 Å². The topological polar surface area (TPSA) is 91.3 Å². The van der Waals surface area contributed by atoms with Gasteiger partial charge in [0.05, 0.1) is 34.4 Å². The summed E-state index contributed by atoms with van der Waals surface area (Å²) in [6.07, 6.45) is 55.9. The number of phosphoric ester groups is 1. The van der Waals surface area contributed by atoms with Crippen LogP contribution in [0.1, 0.15) is 290 Å². The second-order valence-corrected chi connectivity index (χ2v) is 22.1. The molecule has 0 fully saturated rings. The fraction of sp³-hybridized carbons (Fsp3) is 0.982. The molecule has 0 amide bonds. The highest BCUT2D eigenvalue weighted by molar-refractivity contribution is 7.47. The van der Waals surface area contributed by atoms with Gasteiger partial charge in [-0.05, 0) is 12.8 Å². The van der Waals surface area contributed by atoms with Crippen LogP contribution in [0, 0.1) is 0 Å². The Hall–Kier alpha value is -0.500. The maximum atomic E-state index is 12.8. The van der Waals surface area contributed by atoms with Crippen molar-refractivity contribution >= 4 is 13.8 Å². The first-order valence-corrected chi connectivity index (χ1v) is 29.8. The normalized spacial score (nSPS) is 13.4. The van der Waals surface area contributed by atoms with E-state index < -0.39 is 13.9 Å². The van der Waals surface area contributed by atoms with Gasteiger partial charge in [-0.25, -0.2) is 4.57 Å². The molecule has 1 unspecified atom stereocenters. The van der Waals surface area contributed by atoms with Crippen LogP contribution in [0.5, 0.6) is 0 Å². The van der Waals surface area contributed by atoms with Crippen LogP contribution >= 0.6 is 7.82 Å². The van der Waals surface area contributed by atoms with E-state index in [1.165, 1.54) is 238 Å². The minimum Gasteiger partial charge on any atom is -0.457 e. The van der Waals surface area contributed by atoms with Gasteiger partial charge in [-0.3, -0.25) is 13.8 Å². The maximum Gasteiger partial charge on any atom is 0.472 e. The van der Waals surface area contributed by atoms with Crippen LogP contribution in [0.4, 0.5) is 0 Å².